The average molecular weight is 163 g/mol. The number of aryl methyl sites for hydroxylation is 1. The lowest BCUT2D eigenvalue weighted by Crippen LogP contribution is -2.13. The van der Waals surface area contributed by atoms with Crippen LogP contribution in [0.1, 0.15) is 36.7 Å². The number of rotatable bonds is 1. The van der Waals surface area contributed by atoms with Crippen molar-refractivity contribution in [2.24, 2.45) is 0 Å². The Morgan fingerprint density at radius 1 is 1.50 bits per heavy atom. The number of nitrogen functional groups attached to an aromatic ring is 1. The van der Waals surface area contributed by atoms with Crippen LogP contribution < -0.4 is 5.73 Å². The van der Waals surface area contributed by atoms with Crippen molar-refractivity contribution in [3.05, 3.63) is 17.7 Å². The summed E-state index contributed by atoms with van der Waals surface area (Å²) in [5, 5.41) is 0. The first-order valence-electron chi connectivity index (χ1n) is 4.36. The Balaban J connectivity index is 2.27. The zero-order chi connectivity index (χ0) is 8.55. The summed E-state index contributed by atoms with van der Waals surface area (Å²) >= 11 is 0. The fraction of sp³-hybridized carbons (Fsp3) is 0.556. The molecule has 2 N–H and O–H groups in total. The van der Waals surface area contributed by atoms with Crippen LogP contribution in [0, 0.1) is 6.92 Å². The van der Waals surface area contributed by atoms with Crippen molar-refractivity contribution in [2.45, 2.75) is 32.1 Å². The van der Waals surface area contributed by atoms with Crippen LogP contribution in [-0.2, 0) is 0 Å². The van der Waals surface area contributed by atoms with Crippen molar-refractivity contribution in [1.82, 2.24) is 9.97 Å². The van der Waals surface area contributed by atoms with Gasteiger partial charge in [0.05, 0.1) is 17.6 Å². The fourth-order valence-corrected chi connectivity index (χ4v) is 1.36. The summed E-state index contributed by atoms with van der Waals surface area (Å²) in [6.45, 7) is 1.93. The van der Waals surface area contributed by atoms with Crippen LogP contribution in [0.4, 0.5) is 5.69 Å². The van der Waals surface area contributed by atoms with Gasteiger partial charge in [-0.2, -0.15) is 0 Å². The highest BCUT2D eigenvalue weighted by atomic mass is 14.9. The third-order valence-corrected chi connectivity index (χ3v) is 2.51. The van der Waals surface area contributed by atoms with Gasteiger partial charge in [-0.1, -0.05) is 6.42 Å². The Kier molecular flexibility index (Phi) is 1.71. The van der Waals surface area contributed by atoms with Crippen molar-refractivity contribution in [2.75, 3.05) is 5.73 Å². The van der Waals surface area contributed by atoms with Crippen LogP contribution in [0.15, 0.2) is 6.20 Å². The van der Waals surface area contributed by atoms with E-state index in [0.29, 0.717) is 11.6 Å². The maximum absolute atomic E-state index is 5.62. The van der Waals surface area contributed by atoms with E-state index in [1.807, 2.05) is 6.92 Å². The summed E-state index contributed by atoms with van der Waals surface area (Å²) in [5.74, 6) is 1.58. The summed E-state index contributed by atoms with van der Waals surface area (Å²) in [6.07, 6.45) is 5.51. The molecule has 0 saturated heterocycles. The lowest BCUT2D eigenvalue weighted by molar-refractivity contribution is 0.401. The SMILES string of the molecule is Cc1nc(C2CCC2)ncc1N. The molecule has 0 unspecified atom stereocenters. The molecule has 12 heavy (non-hydrogen) atoms. The van der Waals surface area contributed by atoms with Gasteiger partial charge >= 0.3 is 0 Å². The highest BCUT2D eigenvalue weighted by Crippen LogP contribution is 2.34. The predicted molar refractivity (Wildman–Crippen MR) is 47.8 cm³/mol. The minimum atomic E-state index is 0.601. The highest BCUT2D eigenvalue weighted by Gasteiger charge is 2.22. The normalized spacial score (nSPS) is 17.4. The van der Waals surface area contributed by atoms with Gasteiger partial charge in [0.1, 0.15) is 5.82 Å². The fourth-order valence-electron chi connectivity index (χ4n) is 1.36. The first kappa shape index (κ1) is 7.53. The summed E-state index contributed by atoms with van der Waals surface area (Å²) in [5.41, 5.74) is 7.23. The monoisotopic (exact) mass is 163 g/mol. The van der Waals surface area contributed by atoms with Gasteiger partial charge in [0.25, 0.3) is 0 Å². The lowest BCUT2D eigenvalue weighted by atomic mass is 9.85. The Hall–Kier alpha value is -1.12. The van der Waals surface area contributed by atoms with Crippen molar-refractivity contribution in [3.8, 4) is 0 Å². The molecule has 0 spiro atoms. The Morgan fingerprint density at radius 3 is 2.75 bits per heavy atom. The number of hydrogen-bond acceptors (Lipinski definition) is 3. The van der Waals surface area contributed by atoms with Gasteiger partial charge in [-0.3, -0.25) is 0 Å². The van der Waals surface area contributed by atoms with Gasteiger partial charge in [-0.25, -0.2) is 9.97 Å². The number of anilines is 1. The van der Waals surface area contributed by atoms with E-state index >= 15 is 0 Å². The van der Waals surface area contributed by atoms with Crippen molar-refractivity contribution in [3.63, 3.8) is 0 Å². The molecular formula is C9H13N3. The van der Waals surface area contributed by atoms with Gasteiger partial charge < -0.3 is 5.73 Å². The molecule has 0 aliphatic heterocycles. The van der Waals surface area contributed by atoms with Crippen LogP contribution in [0.25, 0.3) is 0 Å². The molecule has 1 aromatic rings. The molecule has 1 saturated carbocycles. The van der Waals surface area contributed by atoms with E-state index in [4.69, 9.17) is 5.73 Å². The molecule has 1 fully saturated rings. The van der Waals surface area contributed by atoms with E-state index in [-0.39, 0.29) is 0 Å². The second kappa shape index (κ2) is 2.73. The minimum Gasteiger partial charge on any atom is -0.396 e. The zero-order valence-corrected chi connectivity index (χ0v) is 7.25. The summed E-state index contributed by atoms with van der Waals surface area (Å²) in [4.78, 5) is 8.58. The second-order valence-corrected chi connectivity index (χ2v) is 3.40. The van der Waals surface area contributed by atoms with Crippen LogP contribution in [-0.4, -0.2) is 9.97 Å². The first-order chi connectivity index (χ1) is 5.77. The Bertz CT molecular complexity index is 292. The molecule has 1 aliphatic rings. The average Bonchev–Trinajstić information content (AvgIpc) is 1.93. The minimum absolute atomic E-state index is 0.601. The van der Waals surface area contributed by atoms with E-state index in [2.05, 4.69) is 9.97 Å². The molecule has 0 amide bonds. The standard InChI is InChI=1S/C9H13N3/c1-6-8(10)5-11-9(12-6)7-3-2-4-7/h5,7H,2-4,10H2,1H3. The van der Waals surface area contributed by atoms with Crippen LogP contribution in [0.3, 0.4) is 0 Å². The number of hydrogen-bond donors (Lipinski definition) is 1. The van der Waals surface area contributed by atoms with Gasteiger partial charge in [-0.15, -0.1) is 0 Å². The molecule has 1 aliphatic carbocycles. The van der Waals surface area contributed by atoms with Gasteiger partial charge in [0, 0.05) is 5.92 Å². The molecule has 0 atom stereocenters. The van der Waals surface area contributed by atoms with Crippen molar-refractivity contribution >= 4 is 5.69 Å². The molecular weight excluding hydrogens is 150 g/mol. The molecule has 0 bridgehead atoms. The van der Waals surface area contributed by atoms with Crippen LogP contribution >= 0.6 is 0 Å². The van der Waals surface area contributed by atoms with Gasteiger partial charge in [-0.05, 0) is 19.8 Å². The number of aromatic nitrogens is 2. The molecule has 3 heteroatoms. The van der Waals surface area contributed by atoms with Crippen molar-refractivity contribution in [1.29, 1.82) is 0 Å². The summed E-state index contributed by atoms with van der Waals surface area (Å²) in [7, 11) is 0. The van der Waals surface area contributed by atoms with Gasteiger partial charge in [0.2, 0.25) is 0 Å². The summed E-state index contributed by atoms with van der Waals surface area (Å²) in [6, 6.07) is 0. The van der Waals surface area contributed by atoms with Crippen LogP contribution in [0.5, 0.6) is 0 Å². The lowest BCUT2D eigenvalue weighted by Gasteiger charge is -2.23. The van der Waals surface area contributed by atoms with Gasteiger partial charge in [0.15, 0.2) is 0 Å². The van der Waals surface area contributed by atoms with E-state index in [9.17, 15) is 0 Å². The molecule has 2 rings (SSSR count). The van der Waals surface area contributed by atoms with Crippen molar-refractivity contribution < 1.29 is 0 Å². The van der Waals surface area contributed by atoms with E-state index in [1.165, 1.54) is 19.3 Å². The van der Waals surface area contributed by atoms with E-state index in [1.54, 1.807) is 6.20 Å². The Labute approximate surface area is 72.0 Å². The first-order valence-corrected chi connectivity index (χ1v) is 4.36. The number of nitrogens with zero attached hydrogens (tertiary/aromatic N) is 2. The number of nitrogens with two attached hydrogens (primary N) is 1. The van der Waals surface area contributed by atoms with E-state index < -0.39 is 0 Å². The second-order valence-electron chi connectivity index (χ2n) is 3.40. The highest BCUT2D eigenvalue weighted by molar-refractivity contribution is 5.39. The summed E-state index contributed by atoms with van der Waals surface area (Å²) < 4.78 is 0. The van der Waals surface area contributed by atoms with Crippen LogP contribution in [0.2, 0.25) is 0 Å². The molecule has 0 aromatic carbocycles. The topological polar surface area (TPSA) is 51.8 Å². The largest absolute Gasteiger partial charge is 0.396 e. The molecule has 0 radical (unpaired) electrons. The van der Waals surface area contributed by atoms with E-state index in [0.717, 1.165) is 11.5 Å². The Morgan fingerprint density at radius 2 is 2.25 bits per heavy atom. The molecule has 1 aromatic heterocycles. The maximum Gasteiger partial charge on any atom is 0.131 e. The molecule has 1 heterocycles. The smallest absolute Gasteiger partial charge is 0.131 e. The maximum atomic E-state index is 5.62. The quantitative estimate of drug-likeness (QED) is 0.684. The zero-order valence-electron chi connectivity index (χ0n) is 7.25. The molecule has 64 valence electrons. The third kappa shape index (κ3) is 1.15. The predicted octanol–water partition coefficient (Wildman–Crippen LogP) is 1.63. The molecule has 3 nitrogen and oxygen atoms in total. The third-order valence-electron chi connectivity index (χ3n) is 2.51.